The standard InChI is InChI=1S/C17H26N2O4.ClH/c1-12-3-2-4-15(9-12)23-11-14(20)10-19-17(21)16(18)13-5-7-22-8-6-13;/h2-4,9,13-14,16,20H,5-8,10-11,18H2,1H3,(H,19,21);1H. The van der Waals surface area contributed by atoms with E-state index in [2.05, 4.69) is 5.32 Å². The molecule has 4 N–H and O–H groups in total. The molecule has 0 saturated carbocycles. The normalized spacial score (nSPS) is 17.5. The summed E-state index contributed by atoms with van der Waals surface area (Å²) in [6.45, 7) is 3.52. The van der Waals surface area contributed by atoms with Gasteiger partial charge in [-0.1, -0.05) is 12.1 Å². The predicted octanol–water partition coefficient (Wildman–Crippen LogP) is 1.03. The second kappa shape index (κ2) is 10.5. The van der Waals surface area contributed by atoms with Crippen LogP contribution < -0.4 is 15.8 Å². The van der Waals surface area contributed by atoms with Crippen molar-refractivity contribution in [1.29, 1.82) is 0 Å². The number of aliphatic hydroxyl groups excluding tert-OH is 1. The molecule has 24 heavy (non-hydrogen) atoms. The number of carbonyl (C=O) groups excluding carboxylic acids is 1. The number of nitrogens with one attached hydrogen (secondary N) is 1. The number of aliphatic hydroxyl groups is 1. The monoisotopic (exact) mass is 358 g/mol. The first-order valence-electron chi connectivity index (χ1n) is 8.05. The SMILES string of the molecule is Cc1cccc(OCC(O)CNC(=O)C(N)C2CCOCC2)c1.Cl. The van der Waals surface area contributed by atoms with Crippen LogP contribution >= 0.6 is 12.4 Å². The molecule has 136 valence electrons. The van der Waals surface area contributed by atoms with Gasteiger partial charge < -0.3 is 25.6 Å². The average Bonchev–Trinajstić information content (AvgIpc) is 2.58. The van der Waals surface area contributed by atoms with Gasteiger partial charge in [0.15, 0.2) is 0 Å². The van der Waals surface area contributed by atoms with Gasteiger partial charge in [0, 0.05) is 19.8 Å². The molecule has 1 aliphatic heterocycles. The molecule has 1 aromatic rings. The molecule has 0 bridgehead atoms. The van der Waals surface area contributed by atoms with Crippen molar-refractivity contribution in [3.63, 3.8) is 0 Å². The summed E-state index contributed by atoms with van der Waals surface area (Å²) in [4.78, 5) is 12.0. The van der Waals surface area contributed by atoms with E-state index in [9.17, 15) is 9.90 Å². The molecular formula is C17H27ClN2O4. The zero-order valence-corrected chi connectivity index (χ0v) is 14.8. The number of halogens is 1. The van der Waals surface area contributed by atoms with Crippen LogP contribution in [0.15, 0.2) is 24.3 Å². The summed E-state index contributed by atoms with van der Waals surface area (Å²) in [7, 11) is 0. The fraction of sp³-hybridized carbons (Fsp3) is 0.588. The molecule has 0 aromatic heterocycles. The number of benzene rings is 1. The smallest absolute Gasteiger partial charge is 0.237 e. The summed E-state index contributed by atoms with van der Waals surface area (Å²) < 4.78 is 10.8. The molecule has 0 aliphatic carbocycles. The van der Waals surface area contributed by atoms with E-state index in [1.54, 1.807) is 0 Å². The third kappa shape index (κ3) is 6.65. The molecule has 7 heteroatoms. The van der Waals surface area contributed by atoms with Crippen LogP contribution in [0.3, 0.4) is 0 Å². The summed E-state index contributed by atoms with van der Waals surface area (Å²) >= 11 is 0. The van der Waals surface area contributed by atoms with Crippen molar-refractivity contribution < 1.29 is 19.4 Å². The quantitative estimate of drug-likeness (QED) is 0.676. The van der Waals surface area contributed by atoms with Crippen LogP contribution in [-0.4, -0.2) is 49.5 Å². The van der Waals surface area contributed by atoms with Crippen molar-refractivity contribution in [2.75, 3.05) is 26.4 Å². The van der Waals surface area contributed by atoms with Gasteiger partial charge in [-0.3, -0.25) is 4.79 Å². The van der Waals surface area contributed by atoms with Gasteiger partial charge in [-0.15, -0.1) is 12.4 Å². The molecule has 1 aliphatic rings. The molecule has 6 nitrogen and oxygen atoms in total. The van der Waals surface area contributed by atoms with Crippen LogP contribution in [0.5, 0.6) is 5.75 Å². The molecular weight excluding hydrogens is 332 g/mol. The first kappa shape index (κ1) is 20.7. The Morgan fingerprint density at radius 3 is 2.83 bits per heavy atom. The molecule has 1 aromatic carbocycles. The highest BCUT2D eigenvalue weighted by Gasteiger charge is 2.26. The number of rotatable bonds is 7. The van der Waals surface area contributed by atoms with E-state index >= 15 is 0 Å². The first-order valence-corrected chi connectivity index (χ1v) is 8.05. The molecule has 1 amide bonds. The highest BCUT2D eigenvalue weighted by molar-refractivity contribution is 5.85. The van der Waals surface area contributed by atoms with E-state index in [1.165, 1.54) is 0 Å². The number of nitrogens with two attached hydrogens (primary N) is 1. The van der Waals surface area contributed by atoms with Gasteiger partial charge in [0.25, 0.3) is 0 Å². The molecule has 1 saturated heterocycles. The summed E-state index contributed by atoms with van der Waals surface area (Å²) in [5.41, 5.74) is 7.07. The largest absolute Gasteiger partial charge is 0.491 e. The molecule has 0 radical (unpaired) electrons. The molecule has 1 heterocycles. The molecule has 2 rings (SSSR count). The average molecular weight is 359 g/mol. The van der Waals surface area contributed by atoms with Gasteiger partial charge in [-0.2, -0.15) is 0 Å². The summed E-state index contributed by atoms with van der Waals surface area (Å²) in [5.74, 6) is 0.616. The van der Waals surface area contributed by atoms with Crippen molar-refractivity contribution in [3.05, 3.63) is 29.8 Å². The number of amides is 1. The molecule has 1 fully saturated rings. The van der Waals surface area contributed by atoms with Crippen molar-refractivity contribution in [2.45, 2.75) is 31.9 Å². The van der Waals surface area contributed by atoms with E-state index in [0.29, 0.717) is 19.0 Å². The van der Waals surface area contributed by atoms with Crippen LogP contribution in [0.2, 0.25) is 0 Å². The third-order valence-corrected chi connectivity index (χ3v) is 4.02. The number of hydrogen-bond acceptors (Lipinski definition) is 5. The van der Waals surface area contributed by atoms with Crippen molar-refractivity contribution in [3.8, 4) is 5.75 Å². The van der Waals surface area contributed by atoms with Gasteiger partial charge in [0.05, 0.1) is 6.04 Å². The fourth-order valence-electron chi connectivity index (χ4n) is 2.58. The fourth-order valence-corrected chi connectivity index (χ4v) is 2.58. The van der Waals surface area contributed by atoms with Crippen molar-refractivity contribution in [2.24, 2.45) is 11.7 Å². The van der Waals surface area contributed by atoms with Crippen LogP contribution in [-0.2, 0) is 9.53 Å². The van der Waals surface area contributed by atoms with Gasteiger partial charge in [0.2, 0.25) is 5.91 Å². The highest BCUT2D eigenvalue weighted by atomic mass is 35.5. The van der Waals surface area contributed by atoms with E-state index in [4.69, 9.17) is 15.2 Å². The second-order valence-corrected chi connectivity index (χ2v) is 6.00. The summed E-state index contributed by atoms with van der Waals surface area (Å²) in [6, 6.07) is 7.04. The Labute approximate surface area is 149 Å². The highest BCUT2D eigenvalue weighted by Crippen LogP contribution is 2.17. The van der Waals surface area contributed by atoms with Gasteiger partial charge in [-0.25, -0.2) is 0 Å². The van der Waals surface area contributed by atoms with Crippen LogP contribution in [0.25, 0.3) is 0 Å². The van der Waals surface area contributed by atoms with Gasteiger partial charge in [-0.05, 0) is 43.4 Å². The lowest BCUT2D eigenvalue weighted by atomic mass is 9.92. The zero-order valence-electron chi connectivity index (χ0n) is 13.9. The molecule has 2 atom stereocenters. The predicted molar refractivity (Wildman–Crippen MR) is 94.5 cm³/mol. The number of hydrogen-bond donors (Lipinski definition) is 3. The van der Waals surface area contributed by atoms with Crippen molar-refractivity contribution in [1.82, 2.24) is 5.32 Å². The lowest BCUT2D eigenvalue weighted by Gasteiger charge is -2.27. The first-order chi connectivity index (χ1) is 11.1. The van der Waals surface area contributed by atoms with Gasteiger partial charge in [0.1, 0.15) is 18.5 Å². The lowest BCUT2D eigenvalue weighted by molar-refractivity contribution is -0.124. The number of aryl methyl sites for hydroxylation is 1. The van der Waals surface area contributed by atoms with Crippen LogP contribution in [0, 0.1) is 12.8 Å². The summed E-state index contributed by atoms with van der Waals surface area (Å²) in [5, 5.41) is 12.6. The Hall–Kier alpha value is -1.34. The van der Waals surface area contributed by atoms with E-state index in [0.717, 1.165) is 18.4 Å². The molecule has 2 unspecified atom stereocenters. The number of carbonyl (C=O) groups is 1. The Kier molecular flexibility index (Phi) is 9.07. The second-order valence-electron chi connectivity index (χ2n) is 6.00. The van der Waals surface area contributed by atoms with Crippen LogP contribution in [0.1, 0.15) is 18.4 Å². The zero-order chi connectivity index (χ0) is 16.7. The van der Waals surface area contributed by atoms with E-state index in [1.807, 2.05) is 31.2 Å². The Bertz CT molecular complexity index is 509. The maximum atomic E-state index is 12.0. The Morgan fingerprint density at radius 2 is 2.17 bits per heavy atom. The van der Waals surface area contributed by atoms with E-state index < -0.39 is 12.1 Å². The number of ether oxygens (including phenoxy) is 2. The third-order valence-electron chi connectivity index (χ3n) is 4.02. The maximum Gasteiger partial charge on any atom is 0.237 e. The minimum Gasteiger partial charge on any atom is -0.491 e. The lowest BCUT2D eigenvalue weighted by Crippen LogP contribution is -2.49. The van der Waals surface area contributed by atoms with Crippen LogP contribution in [0.4, 0.5) is 0 Å². The molecule has 0 spiro atoms. The minimum absolute atomic E-state index is 0. The Morgan fingerprint density at radius 1 is 1.46 bits per heavy atom. The minimum atomic E-state index is -0.777. The summed E-state index contributed by atoms with van der Waals surface area (Å²) in [6.07, 6.45) is 0.822. The van der Waals surface area contributed by atoms with Crippen molar-refractivity contribution >= 4 is 18.3 Å². The maximum absolute atomic E-state index is 12.0. The topological polar surface area (TPSA) is 93.8 Å². The van der Waals surface area contributed by atoms with Gasteiger partial charge >= 0.3 is 0 Å². The van der Waals surface area contributed by atoms with E-state index in [-0.39, 0.29) is 37.4 Å². The Balaban J connectivity index is 0.00000288.